The number of carbonyl (C=O) groups is 1. The number of aromatic amines is 1. The highest BCUT2D eigenvalue weighted by atomic mass is 35.5. The van der Waals surface area contributed by atoms with Crippen LogP contribution in [0.15, 0.2) is 24.7 Å². The second kappa shape index (κ2) is 4.71. The topological polar surface area (TPSA) is 83.6 Å². The van der Waals surface area contributed by atoms with Gasteiger partial charge in [-0.25, -0.2) is 9.97 Å². The fourth-order valence-corrected chi connectivity index (χ4v) is 1.19. The van der Waals surface area contributed by atoms with Gasteiger partial charge >= 0.3 is 0 Å². The lowest BCUT2D eigenvalue weighted by molar-refractivity contribution is 0.0945. The van der Waals surface area contributed by atoms with E-state index in [1.54, 1.807) is 12.1 Å². The highest BCUT2D eigenvalue weighted by Gasteiger charge is 2.06. The Morgan fingerprint density at radius 2 is 2.31 bits per heavy atom. The normalized spacial score (nSPS) is 10.1. The van der Waals surface area contributed by atoms with E-state index in [4.69, 9.17) is 11.6 Å². The molecule has 0 aliphatic carbocycles. The molecule has 1 amide bonds. The van der Waals surface area contributed by atoms with Crippen LogP contribution in [0.1, 0.15) is 16.3 Å². The van der Waals surface area contributed by atoms with E-state index in [0.717, 1.165) is 0 Å². The highest BCUT2D eigenvalue weighted by molar-refractivity contribution is 6.30. The number of nitrogens with one attached hydrogen (secondary N) is 2. The molecule has 2 aromatic rings. The predicted molar refractivity (Wildman–Crippen MR) is 56.8 cm³/mol. The van der Waals surface area contributed by atoms with E-state index in [-0.39, 0.29) is 12.5 Å². The van der Waals surface area contributed by atoms with Crippen LogP contribution in [0, 0.1) is 0 Å². The summed E-state index contributed by atoms with van der Waals surface area (Å²) in [5.41, 5.74) is 0.309. The molecule has 0 bridgehead atoms. The number of hydrogen-bond acceptors (Lipinski definition) is 4. The molecule has 0 fully saturated rings. The molecular formula is C9H8ClN5O. The quantitative estimate of drug-likeness (QED) is 0.827. The lowest BCUT2D eigenvalue weighted by Gasteiger charge is -2.01. The van der Waals surface area contributed by atoms with E-state index in [1.807, 2.05) is 0 Å². The van der Waals surface area contributed by atoms with Gasteiger partial charge in [-0.3, -0.25) is 9.89 Å². The Balaban J connectivity index is 1.95. The van der Waals surface area contributed by atoms with E-state index in [1.165, 1.54) is 12.5 Å². The van der Waals surface area contributed by atoms with E-state index >= 15 is 0 Å². The van der Waals surface area contributed by atoms with E-state index in [0.29, 0.717) is 16.5 Å². The van der Waals surface area contributed by atoms with Crippen LogP contribution in [-0.4, -0.2) is 26.1 Å². The Hall–Kier alpha value is -1.95. The van der Waals surface area contributed by atoms with Crippen LogP contribution in [0.5, 0.6) is 0 Å². The van der Waals surface area contributed by atoms with Gasteiger partial charge in [0, 0.05) is 6.20 Å². The molecule has 0 aliphatic rings. The number of rotatable bonds is 3. The number of nitrogens with zero attached hydrogens (tertiary/aromatic N) is 3. The summed E-state index contributed by atoms with van der Waals surface area (Å²) in [7, 11) is 0. The lowest BCUT2D eigenvalue weighted by Crippen LogP contribution is -2.24. The van der Waals surface area contributed by atoms with Crippen LogP contribution in [-0.2, 0) is 6.54 Å². The Labute approximate surface area is 96.1 Å². The summed E-state index contributed by atoms with van der Waals surface area (Å²) in [6, 6.07) is 3.16. The molecule has 2 N–H and O–H groups in total. The van der Waals surface area contributed by atoms with Gasteiger partial charge in [-0.1, -0.05) is 11.6 Å². The van der Waals surface area contributed by atoms with Gasteiger partial charge in [0.25, 0.3) is 5.91 Å². The Bertz CT molecular complexity index is 467. The zero-order chi connectivity index (χ0) is 11.4. The van der Waals surface area contributed by atoms with Crippen molar-refractivity contribution >= 4 is 17.5 Å². The molecule has 2 aromatic heterocycles. The van der Waals surface area contributed by atoms with Gasteiger partial charge in [-0.05, 0) is 12.1 Å². The Morgan fingerprint density at radius 3 is 2.94 bits per heavy atom. The van der Waals surface area contributed by atoms with Gasteiger partial charge in [0.05, 0.1) is 11.6 Å². The smallest absolute Gasteiger partial charge is 0.270 e. The van der Waals surface area contributed by atoms with E-state index < -0.39 is 0 Å². The summed E-state index contributed by atoms with van der Waals surface area (Å²) < 4.78 is 0. The molecular weight excluding hydrogens is 230 g/mol. The highest BCUT2D eigenvalue weighted by Crippen LogP contribution is 2.05. The third-order valence-electron chi connectivity index (χ3n) is 1.84. The number of hydrogen-bond donors (Lipinski definition) is 2. The average Bonchev–Trinajstić information content (AvgIpc) is 2.80. The molecule has 0 saturated heterocycles. The molecule has 0 spiro atoms. The maximum absolute atomic E-state index is 11.6. The van der Waals surface area contributed by atoms with Crippen molar-refractivity contribution in [1.29, 1.82) is 0 Å². The van der Waals surface area contributed by atoms with Crippen LogP contribution < -0.4 is 5.32 Å². The maximum atomic E-state index is 11.6. The number of H-pyrrole nitrogens is 1. The first kappa shape index (κ1) is 10.6. The maximum Gasteiger partial charge on any atom is 0.270 e. The summed E-state index contributed by atoms with van der Waals surface area (Å²) in [5.74, 6) is 0.301. The van der Waals surface area contributed by atoms with Crippen molar-refractivity contribution in [3.8, 4) is 0 Å². The third kappa shape index (κ3) is 2.54. The van der Waals surface area contributed by atoms with Gasteiger partial charge in [0.15, 0.2) is 0 Å². The molecule has 2 rings (SSSR count). The van der Waals surface area contributed by atoms with Crippen molar-refractivity contribution < 1.29 is 4.79 Å². The first-order valence-corrected chi connectivity index (χ1v) is 4.87. The molecule has 0 atom stereocenters. The van der Waals surface area contributed by atoms with Crippen LogP contribution in [0.3, 0.4) is 0 Å². The van der Waals surface area contributed by atoms with E-state index in [9.17, 15) is 4.79 Å². The minimum absolute atomic E-state index is 0.281. The standard InChI is InChI=1S/C9H8ClN5O/c10-6-1-2-7(11-3-6)9(16)12-4-8-13-5-14-15-8/h1-3,5H,4H2,(H,12,16)(H,13,14,15). The second-order valence-corrected chi connectivity index (χ2v) is 3.41. The zero-order valence-electron chi connectivity index (χ0n) is 8.14. The largest absolute Gasteiger partial charge is 0.343 e. The number of aromatic nitrogens is 4. The fourth-order valence-electron chi connectivity index (χ4n) is 1.08. The van der Waals surface area contributed by atoms with Crippen molar-refractivity contribution in [3.63, 3.8) is 0 Å². The summed E-state index contributed by atoms with van der Waals surface area (Å²) in [6.07, 6.45) is 2.80. The van der Waals surface area contributed by atoms with Crippen LogP contribution in [0.2, 0.25) is 5.02 Å². The summed E-state index contributed by atoms with van der Waals surface area (Å²) >= 11 is 5.66. The molecule has 0 aromatic carbocycles. The third-order valence-corrected chi connectivity index (χ3v) is 2.06. The first-order chi connectivity index (χ1) is 7.75. The fraction of sp³-hybridized carbons (Fsp3) is 0.111. The SMILES string of the molecule is O=C(NCc1ncn[nH]1)c1ccc(Cl)cn1. The van der Waals surface area contributed by atoms with Gasteiger partial charge in [0.2, 0.25) is 0 Å². The van der Waals surface area contributed by atoms with Gasteiger partial charge < -0.3 is 5.32 Å². The van der Waals surface area contributed by atoms with Gasteiger partial charge in [-0.15, -0.1) is 0 Å². The molecule has 6 nitrogen and oxygen atoms in total. The van der Waals surface area contributed by atoms with Crippen molar-refractivity contribution in [2.75, 3.05) is 0 Å². The monoisotopic (exact) mass is 237 g/mol. The first-order valence-electron chi connectivity index (χ1n) is 4.49. The molecule has 2 heterocycles. The average molecular weight is 238 g/mol. The molecule has 16 heavy (non-hydrogen) atoms. The van der Waals surface area contributed by atoms with Crippen molar-refractivity contribution in [2.45, 2.75) is 6.54 Å². The molecule has 0 radical (unpaired) electrons. The Kier molecular flexibility index (Phi) is 3.11. The number of carbonyl (C=O) groups excluding carboxylic acids is 1. The predicted octanol–water partition coefficient (Wildman–Crippen LogP) is 0.783. The Morgan fingerprint density at radius 1 is 1.44 bits per heavy atom. The molecule has 7 heteroatoms. The van der Waals surface area contributed by atoms with Crippen LogP contribution in [0.25, 0.3) is 0 Å². The molecule has 0 saturated carbocycles. The summed E-state index contributed by atoms with van der Waals surface area (Å²) in [5, 5.41) is 9.43. The van der Waals surface area contributed by atoms with Crippen LogP contribution >= 0.6 is 11.6 Å². The summed E-state index contributed by atoms with van der Waals surface area (Å²) in [6.45, 7) is 0.281. The van der Waals surface area contributed by atoms with Crippen LogP contribution in [0.4, 0.5) is 0 Å². The molecule has 0 aliphatic heterocycles. The molecule has 82 valence electrons. The summed E-state index contributed by atoms with van der Waals surface area (Å²) in [4.78, 5) is 19.3. The number of amides is 1. The minimum Gasteiger partial charge on any atom is -0.343 e. The number of halogens is 1. The van der Waals surface area contributed by atoms with E-state index in [2.05, 4.69) is 25.5 Å². The van der Waals surface area contributed by atoms with Crippen molar-refractivity contribution in [2.24, 2.45) is 0 Å². The van der Waals surface area contributed by atoms with Crippen molar-refractivity contribution in [3.05, 3.63) is 41.2 Å². The lowest BCUT2D eigenvalue weighted by atomic mass is 10.3. The molecule has 0 unspecified atom stereocenters. The van der Waals surface area contributed by atoms with Crippen molar-refractivity contribution in [1.82, 2.24) is 25.5 Å². The van der Waals surface area contributed by atoms with Gasteiger partial charge in [-0.2, -0.15) is 5.10 Å². The minimum atomic E-state index is -0.284. The second-order valence-electron chi connectivity index (χ2n) is 2.98. The zero-order valence-corrected chi connectivity index (χ0v) is 8.90. The van der Waals surface area contributed by atoms with Gasteiger partial charge in [0.1, 0.15) is 17.8 Å². The number of pyridine rings is 1.